The largest absolute Gasteiger partial charge is 0.481 e. The number of hydrogen-bond acceptors (Lipinski definition) is 4. The lowest BCUT2D eigenvalue weighted by atomic mass is 9.96. The molecule has 0 aromatic heterocycles. The Balaban J connectivity index is 2.52. The third kappa shape index (κ3) is 7.08. The van der Waals surface area contributed by atoms with Crippen LogP contribution >= 0.6 is 0 Å². The number of carbonyl (C=O) groups is 2. The van der Waals surface area contributed by atoms with Crippen molar-refractivity contribution in [1.82, 2.24) is 5.32 Å². The third-order valence-electron chi connectivity index (χ3n) is 3.17. The lowest BCUT2D eigenvalue weighted by molar-refractivity contribution is -0.137. The van der Waals surface area contributed by atoms with Gasteiger partial charge in [0.05, 0.1) is 12.5 Å². The first-order chi connectivity index (χ1) is 10.4. The number of nitrogens with one attached hydrogen (secondary N) is 1. The molecule has 122 valence electrons. The molecule has 6 heteroatoms. The van der Waals surface area contributed by atoms with E-state index in [4.69, 9.17) is 15.6 Å². The number of aliphatic carboxylic acids is 1. The van der Waals surface area contributed by atoms with Gasteiger partial charge in [-0.05, 0) is 17.9 Å². The van der Waals surface area contributed by atoms with E-state index in [0.29, 0.717) is 12.3 Å². The molecule has 0 spiro atoms. The first-order valence-electron chi connectivity index (χ1n) is 7.33. The van der Waals surface area contributed by atoms with Crippen molar-refractivity contribution < 1.29 is 19.4 Å². The Labute approximate surface area is 130 Å². The Hall–Kier alpha value is -2.08. The van der Waals surface area contributed by atoms with Gasteiger partial charge in [0.25, 0.3) is 0 Å². The van der Waals surface area contributed by atoms with Crippen molar-refractivity contribution in [2.24, 2.45) is 11.7 Å². The summed E-state index contributed by atoms with van der Waals surface area (Å²) in [5.74, 6) is -0.694. The van der Waals surface area contributed by atoms with E-state index in [1.165, 1.54) is 0 Å². The summed E-state index contributed by atoms with van der Waals surface area (Å²) < 4.78 is 5.10. The van der Waals surface area contributed by atoms with Crippen molar-refractivity contribution in [3.63, 3.8) is 0 Å². The number of rotatable bonds is 8. The van der Waals surface area contributed by atoms with Crippen LogP contribution in [-0.4, -0.2) is 29.3 Å². The van der Waals surface area contributed by atoms with Crippen LogP contribution in [-0.2, 0) is 16.1 Å². The molecule has 0 aliphatic rings. The van der Waals surface area contributed by atoms with Gasteiger partial charge in [0.1, 0.15) is 6.61 Å². The number of nitrogens with two attached hydrogens (primary N) is 1. The van der Waals surface area contributed by atoms with E-state index in [2.05, 4.69) is 5.32 Å². The molecule has 0 saturated carbocycles. The van der Waals surface area contributed by atoms with Crippen LogP contribution < -0.4 is 11.1 Å². The van der Waals surface area contributed by atoms with Gasteiger partial charge in [-0.15, -0.1) is 0 Å². The number of carboxylic acid groups (broad SMARTS) is 1. The van der Waals surface area contributed by atoms with Crippen LogP contribution in [0.15, 0.2) is 30.3 Å². The monoisotopic (exact) mass is 308 g/mol. The zero-order valence-corrected chi connectivity index (χ0v) is 13.0. The number of hydrogen-bond donors (Lipinski definition) is 3. The molecule has 1 aromatic carbocycles. The minimum atomic E-state index is -1.01. The molecule has 0 heterocycles. The maximum atomic E-state index is 11.8. The van der Waals surface area contributed by atoms with Gasteiger partial charge in [-0.3, -0.25) is 4.79 Å². The summed E-state index contributed by atoms with van der Waals surface area (Å²) in [7, 11) is 0. The maximum absolute atomic E-state index is 11.8. The highest BCUT2D eigenvalue weighted by molar-refractivity contribution is 5.71. The SMILES string of the molecule is CC(C)C[C@H](N)[C@H](CC(=O)O)NC(=O)OCc1ccccc1. The fourth-order valence-corrected chi connectivity index (χ4v) is 2.12. The van der Waals surface area contributed by atoms with Gasteiger partial charge >= 0.3 is 12.1 Å². The van der Waals surface area contributed by atoms with E-state index in [1.807, 2.05) is 44.2 Å². The third-order valence-corrected chi connectivity index (χ3v) is 3.17. The minimum absolute atomic E-state index is 0.131. The first-order valence-corrected chi connectivity index (χ1v) is 7.33. The molecule has 22 heavy (non-hydrogen) atoms. The van der Waals surface area contributed by atoms with E-state index in [9.17, 15) is 9.59 Å². The average Bonchev–Trinajstić information content (AvgIpc) is 2.44. The van der Waals surface area contributed by atoms with Crippen LogP contribution in [0.2, 0.25) is 0 Å². The van der Waals surface area contributed by atoms with E-state index >= 15 is 0 Å². The molecule has 1 rings (SSSR count). The number of carbonyl (C=O) groups excluding carboxylic acids is 1. The van der Waals surface area contributed by atoms with Crippen molar-refractivity contribution in [3.05, 3.63) is 35.9 Å². The number of amides is 1. The van der Waals surface area contributed by atoms with Crippen molar-refractivity contribution >= 4 is 12.1 Å². The molecule has 0 aliphatic heterocycles. The van der Waals surface area contributed by atoms with Crippen LogP contribution in [0.25, 0.3) is 0 Å². The van der Waals surface area contributed by atoms with Gasteiger partial charge < -0.3 is 20.9 Å². The minimum Gasteiger partial charge on any atom is -0.481 e. The molecule has 1 amide bonds. The van der Waals surface area contributed by atoms with Crippen LogP contribution in [0.1, 0.15) is 32.3 Å². The predicted molar refractivity (Wildman–Crippen MR) is 83.2 cm³/mol. The van der Waals surface area contributed by atoms with Crippen LogP contribution in [0.3, 0.4) is 0 Å². The molecule has 0 fully saturated rings. The summed E-state index contributed by atoms with van der Waals surface area (Å²) in [6, 6.07) is 8.17. The molecule has 1 aromatic rings. The summed E-state index contributed by atoms with van der Waals surface area (Å²) in [6.45, 7) is 4.11. The number of alkyl carbamates (subject to hydrolysis) is 1. The van der Waals surface area contributed by atoms with Crippen LogP contribution in [0.5, 0.6) is 0 Å². The van der Waals surface area contributed by atoms with E-state index in [-0.39, 0.29) is 13.0 Å². The zero-order chi connectivity index (χ0) is 16.5. The Bertz CT molecular complexity index is 476. The molecular formula is C16H24N2O4. The summed E-state index contributed by atoms with van der Waals surface area (Å²) in [6.07, 6.45) is -0.264. The first kappa shape index (κ1) is 18.0. The Morgan fingerprint density at radius 2 is 1.91 bits per heavy atom. The second kappa shape index (κ2) is 9.04. The highest BCUT2D eigenvalue weighted by Crippen LogP contribution is 2.09. The molecule has 0 unspecified atom stereocenters. The van der Waals surface area contributed by atoms with Gasteiger partial charge in [-0.25, -0.2) is 4.79 Å². The lowest BCUT2D eigenvalue weighted by Crippen LogP contribution is -2.49. The van der Waals surface area contributed by atoms with Gasteiger partial charge in [0.15, 0.2) is 0 Å². The lowest BCUT2D eigenvalue weighted by Gasteiger charge is -2.24. The quantitative estimate of drug-likeness (QED) is 0.683. The Morgan fingerprint density at radius 1 is 1.27 bits per heavy atom. The summed E-state index contributed by atoms with van der Waals surface area (Å²) in [4.78, 5) is 22.7. The molecule has 2 atom stereocenters. The summed E-state index contributed by atoms with van der Waals surface area (Å²) in [5, 5.41) is 11.5. The second-order valence-electron chi connectivity index (χ2n) is 5.70. The van der Waals surface area contributed by atoms with Gasteiger partial charge in [-0.1, -0.05) is 44.2 Å². The van der Waals surface area contributed by atoms with Crippen LogP contribution in [0.4, 0.5) is 4.79 Å². The number of benzene rings is 1. The Morgan fingerprint density at radius 3 is 2.45 bits per heavy atom. The molecule has 4 N–H and O–H groups in total. The smallest absolute Gasteiger partial charge is 0.407 e. The van der Waals surface area contributed by atoms with E-state index < -0.39 is 24.1 Å². The molecule has 0 bridgehead atoms. The van der Waals surface area contributed by atoms with E-state index in [0.717, 1.165) is 5.56 Å². The highest BCUT2D eigenvalue weighted by atomic mass is 16.5. The van der Waals surface area contributed by atoms with E-state index in [1.54, 1.807) is 0 Å². The number of ether oxygens (including phenoxy) is 1. The topological polar surface area (TPSA) is 102 Å². The number of carboxylic acids is 1. The Kier molecular flexibility index (Phi) is 7.39. The second-order valence-corrected chi connectivity index (χ2v) is 5.70. The van der Waals surface area contributed by atoms with Crippen LogP contribution in [0, 0.1) is 5.92 Å². The normalized spacial score (nSPS) is 13.5. The molecule has 0 aliphatic carbocycles. The van der Waals surface area contributed by atoms with Crippen molar-refractivity contribution in [1.29, 1.82) is 0 Å². The zero-order valence-electron chi connectivity index (χ0n) is 13.0. The van der Waals surface area contributed by atoms with Crippen molar-refractivity contribution in [2.45, 2.75) is 45.4 Å². The summed E-state index contributed by atoms with van der Waals surface area (Å²) >= 11 is 0. The molecular weight excluding hydrogens is 284 g/mol. The van der Waals surface area contributed by atoms with Gasteiger partial charge in [-0.2, -0.15) is 0 Å². The molecule has 6 nitrogen and oxygen atoms in total. The summed E-state index contributed by atoms with van der Waals surface area (Å²) in [5.41, 5.74) is 6.85. The molecule has 0 radical (unpaired) electrons. The standard InChI is InChI=1S/C16H24N2O4/c1-11(2)8-13(17)14(9-15(19)20)18-16(21)22-10-12-6-4-3-5-7-12/h3-7,11,13-14H,8-10,17H2,1-2H3,(H,18,21)(H,19,20)/t13-,14-/m0/s1. The fraction of sp³-hybridized carbons (Fsp3) is 0.500. The molecule has 0 saturated heterocycles. The fourth-order valence-electron chi connectivity index (χ4n) is 2.12. The van der Waals surface area contributed by atoms with Crippen molar-refractivity contribution in [3.8, 4) is 0 Å². The highest BCUT2D eigenvalue weighted by Gasteiger charge is 2.24. The van der Waals surface area contributed by atoms with Gasteiger partial charge in [0.2, 0.25) is 0 Å². The average molecular weight is 308 g/mol. The maximum Gasteiger partial charge on any atom is 0.407 e. The predicted octanol–water partition coefficient (Wildman–Crippen LogP) is 2.13. The van der Waals surface area contributed by atoms with Crippen molar-refractivity contribution in [2.75, 3.05) is 0 Å². The van der Waals surface area contributed by atoms with Gasteiger partial charge in [0, 0.05) is 6.04 Å².